The summed E-state index contributed by atoms with van der Waals surface area (Å²) in [6.07, 6.45) is 0.777. The molecule has 0 spiro atoms. The summed E-state index contributed by atoms with van der Waals surface area (Å²) in [5, 5.41) is 3.24. The minimum absolute atomic E-state index is 0.329. The van der Waals surface area contributed by atoms with Crippen molar-refractivity contribution < 1.29 is 14.3 Å². The molecule has 0 aliphatic carbocycles. The molecule has 116 valence electrons. The molecule has 0 radical (unpaired) electrons. The fraction of sp³-hybridized carbons (Fsp3) is 0.667. The highest BCUT2D eigenvalue weighted by molar-refractivity contribution is 5.89. The Morgan fingerprint density at radius 1 is 1.29 bits per heavy atom. The van der Waals surface area contributed by atoms with Crippen LogP contribution in [0.2, 0.25) is 0 Å². The molecule has 0 fully saturated rings. The number of ether oxygens (including phenoxy) is 2. The normalized spacial score (nSPS) is 14.7. The van der Waals surface area contributed by atoms with Gasteiger partial charge in [-0.15, -0.1) is 0 Å². The van der Waals surface area contributed by atoms with Crippen LogP contribution >= 0.6 is 0 Å². The van der Waals surface area contributed by atoms with Gasteiger partial charge in [-0.3, -0.25) is 0 Å². The second-order valence-electron chi connectivity index (χ2n) is 5.41. The van der Waals surface area contributed by atoms with Crippen molar-refractivity contribution in [1.82, 2.24) is 15.3 Å². The van der Waals surface area contributed by atoms with Crippen LogP contribution in [0.3, 0.4) is 0 Å². The third kappa shape index (κ3) is 3.39. The van der Waals surface area contributed by atoms with Crippen molar-refractivity contribution in [3.05, 3.63) is 22.8 Å². The van der Waals surface area contributed by atoms with Crippen LogP contribution in [-0.2, 0) is 28.0 Å². The second-order valence-corrected chi connectivity index (χ2v) is 5.41. The summed E-state index contributed by atoms with van der Waals surface area (Å²) in [4.78, 5) is 21.2. The largest absolute Gasteiger partial charge is 0.461 e. The van der Waals surface area contributed by atoms with Crippen molar-refractivity contribution in [2.75, 3.05) is 19.8 Å². The highest BCUT2D eigenvalue weighted by Crippen LogP contribution is 2.25. The number of carbonyl (C=O) groups excluding carboxylic acids is 1. The quantitative estimate of drug-likeness (QED) is 0.831. The molecular formula is C15H23N3O3. The molecule has 0 amide bonds. The first-order valence-corrected chi connectivity index (χ1v) is 7.41. The Balaban J connectivity index is 2.49. The molecule has 0 saturated carbocycles. The van der Waals surface area contributed by atoms with Crippen LogP contribution in [0.5, 0.6) is 0 Å². The van der Waals surface area contributed by atoms with Gasteiger partial charge in [-0.25, -0.2) is 14.8 Å². The molecule has 0 aromatic carbocycles. The van der Waals surface area contributed by atoms with E-state index in [2.05, 4.69) is 15.3 Å². The Labute approximate surface area is 125 Å². The Bertz CT molecular complexity index is 529. The Morgan fingerprint density at radius 3 is 2.71 bits per heavy atom. The van der Waals surface area contributed by atoms with Gasteiger partial charge in [-0.1, -0.05) is 0 Å². The van der Waals surface area contributed by atoms with Crippen molar-refractivity contribution in [2.45, 2.75) is 46.3 Å². The first kappa shape index (κ1) is 15.9. The summed E-state index contributed by atoms with van der Waals surface area (Å²) in [6.45, 7) is 9.87. The molecule has 1 aliphatic rings. The lowest BCUT2D eigenvalue weighted by Crippen LogP contribution is -2.32. The smallest absolute Gasteiger partial charge is 0.357 e. The van der Waals surface area contributed by atoms with Crippen molar-refractivity contribution >= 4 is 5.97 Å². The number of carbonyl (C=O) groups is 1. The second kappa shape index (κ2) is 6.49. The lowest BCUT2D eigenvalue weighted by Gasteiger charge is -2.26. The summed E-state index contributed by atoms with van der Waals surface area (Å²) in [5.74, 6) is 0.140. The van der Waals surface area contributed by atoms with Gasteiger partial charge >= 0.3 is 5.97 Å². The summed E-state index contributed by atoms with van der Waals surface area (Å²) < 4.78 is 10.8. The van der Waals surface area contributed by atoms with Crippen LogP contribution in [0, 0.1) is 0 Å². The molecule has 6 heteroatoms. The number of hydrogen-bond donors (Lipinski definition) is 1. The van der Waals surface area contributed by atoms with E-state index in [0.717, 1.165) is 24.2 Å². The van der Waals surface area contributed by atoms with Crippen molar-refractivity contribution in [2.24, 2.45) is 0 Å². The number of hydrogen-bond acceptors (Lipinski definition) is 6. The van der Waals surface area contributed by atoms with E-state index in [4.69, 9.17) is 9.47 Å². The molecule has 2 heterocycles. The van der Waals surface area contributed by atoms with E-state index in [0.29, 0.717) is 31.3 Å². The third-order valence-corrected chi connectivity index (χ3v) is 3.45. The van der Waals surface area contributed by atoms with Crippen LogP contribution in [-0.4, -0.2) is 35.7 Å². The van der Waals surface area contributed by atoms with Crippen LogP contribution in [0.4, 0.5) is 0 Å². The van der Waals surface area contributed by atoms with Gasteiger partial charge in [0.25, 0.3) is 0 Å². The average molecular weight is 293 g/mol. The number of nitrogens with one attached hydrogen (secondary N) is 1. The number of nitrogens with zero attached hydrogens (tertiary/aromatic N) is 2. The van der Waals surface area contributed by atoms with Crippen LogP contribution in [0.1, 0.15) is 55.3 Å². The fourth-order valence-corrected chi connectivity index (χ4v) is 2.41. The number of aromatic nitrogens is 2. The van der Waals surface area contributed by atoms with Crippen molar-refractivity contribution in [3.63, 3.8) is 0 Å². The Kier molecular flexibility index (Phi) is 4.90. The minimum atomic E-state index is -0.629. The monoisotopic (exact) mass is 293 g/mol. The lowest BCUT2D eigenvalue weighted by atomic mass is 10.0. The fourth-order valence-electron chi connectivity index (χ4n) is 2.41. The minimum Gasteiger partial charge on any atom is -0.461 e. The van der Waals surface area contributed by atoms with Gasteiger partial charge in [0.05, 0.1) is 12.3 Å². The first-order valence-electron chi connectivity index (χ1n) is 7.41. The highest BCUT2D eigenvalue weighted by Gasteiger charge is 2.30. The van der Waals surface area contributed by atoms with E-state index in [1.807, 2.05) is 20.8 Å². The van der Waals surface area contributed by atoms with Gasteiger partial charge in [-0.2, -0.15) is 0 Å². The molecule has 1 aliphatic heterocycles. The van der Waals surface area contributed by atoms with Gasteiger partial charge in [-0.05, 0) is 27.7 Å². The molecule has 0 bridgehead atoms. The van der Waals surface area contributed by atoms with E-state index in [1.165, 1.54) is 0 Å². The van der Waals surface area contributed by atoms with Gasteiger partial charge in [0.15, 0.2) is 11.5 Å². The van der Waals surface area contributed by atoms with E-state index >= 15 is 0 Å². The van der Waals surface area contributed by atoms with Gasteiger partial charge in [0, 0.05) is 31.7 Å². The van der Waals surface area contributed by atoms with E-state index < -0.39 is 11.6 Å². The summed E-state index contributed by atoms with van der Waals surface area (Å²) >= 11 is 0. The molecule has 0 unspecified atom stereocenters. The van der Waals surface area contributed by atoms with Crippen LogP contribution < -0.4 is 5.32 Å². The first-order chi connectivity index (χ1) is 9.99. The Morgan fingerprint density at radius 2 is 2.05 bits per heavy atom. The molecule has 0 atom stereocenters. The number of rotatable bonds is 5. The molecule has 21 heavy (non-hydrogen) atoms. The molecule has 1 N–H and O–H groups in total. The molecular weight excluding hydrogens is 270 g/mol. The predicted molar refractivity (Wildman–Crippen MR) is 78.1 cm³/mol. The maximum atomic E-state index is 12.2. The van der Waals surface area contributed by atoms with Crippen molar-refractivity contribution in [3.8, 4) is 0 Å². The number of fused-ring (bicyclic) bond motifs is 1. The summed E-state index contributed by atoms with van der Waals surface area (Å²) in [5.41, 5.74) is 1.48. The zero-order valence-electron chi connectivity index (χ0n) is 13.2. The summed E-state index contributed by atoms with van der Waals surface area (Å²) in [7, 11) is 0. The molecule has 1 aromatic rings. The van der Waals surface area contributed by atoms with E-state index in [-0.39, 0.29) is 0 Å². The zero-order chi connectivity index (χ0) is 15.5. The zero-order valence-corrected chi connectivity index (χ0v) is 13.2. The van der Waals surface area contributed by atoms with Gasteiger partial charge in [0.2, 0.25) is 0 Å². The SMILES string of the molecule is CCOC(=O)c1nc(C(C)(C)OCC)nc2c1CNCC2. The average Bonchev–Trinajstić information content (AvgIpc) is 2.46. The summed E-state index contributed by atoms with van der Waals surface area (Å²) in [6, 6.07) is 0. The van der Waals surface area contributed by atoms with Crippen LogP contribution in [0.15, 0.2) is 0 Å². The standard InChI is InChI=1S/C15H23N3O3/c1-5-20-13(19)12-10-9-16-8-7-11(10)17-14(18-12)15(3,4)21-6-2/h16H,5-9H2,1-4H3. The van der Waals surface area contributed by atoms with Gasteiger partial charge < -0.3 is 14.8 Å². The number of esters is 1. The maximum absolute atomic E-state index is 12.2. The Hall–Kier alpha value is -1.53. The third-order valence-electron chi connectivity index (χ3n) is 3.45. The van der Waals surface area contributed by atoms with Crippen LogP contribution in [0.25, 0.3) is 0 Å². The maximum Gasteiger partial charge on any atom is 0.357 e. The topological polar surface area (TPSA) is 73.3 Å². The molecule has 1 aromatic heterocycles. The predicted octanol–water partition coefficient (Wildman–Crippen LogP) is 1.57. The molecule has 6 nitrogen and oxygen atoms in total. The van der Waals surface area contributed by atoms with Crippen molar-refractivity contribution in [1.29, 1.82) is 0 Å². The van der Waals surface area contributed by atoms with Gasteiger partial charge in [0.1, 0.15) is 5.60 Å². The van der Waals surface area contributed by atoms with E-state index in [9.17, 15) is 4.79 Å². The lowest BCUT2D eigenvalue weighted by molar-refractivity contribution is -0.0212. The molecule has 0 saturated heterocycles. The highest BCUT2D eigenvalue weighted by atomic mass is 16.5. The van der Waals surface area contributed by atoms with E-state index in [1.54, 1.807) is 6.92 Å². The molecule has 2 rings (SSSR count).